The molecule has 2 atom stereocenters. The highest BCUT2D eigenvalue weighted by Gasteiger charge is 2.41. The van der Waals surface area contributed by atoms with Gasteiger partial charge < -0.3 is 19.5 Å². The summed E-state index contributed by atoms with van der Waals surface area (Å²) in [5, 5.41) is 4.20. The fraction of sp³-hybridized carbons (Fsp3) is 0.304. The van der Waals surface area contributed by atoms with Crippen molar-refractivity contribution in [1.29, 1.82) is 0 Å². The molecule has 0 spiro atoms. The third-order valence-electron chi connectivity index (χ3n) is 5.30. The Bertz CT molecular complexity index is 997. The van der Waals surface area contributed by atoms with Crippen molar-refractivity contribution >= 4 is 23.0 Å². The summed E-state index contributed by atoms with van der Waals surface area (Å²) in [7, 11) is 2.10. The molecule has 1 saturated heterocycles. The number of thiocarbonyl (C=S) groups is 1. The minimum absolute atomic E-state index is 0.00651. The summed E-state index contributed by atoms with van der Waals surface area (Å²) in [6, 6.07) is 18.4. The van der Waals surface area contributed by atoms with Crippen LogP contribution in [0.1, 0.15) is 43.0 Å². The molecular formula is C23H26N4OS. The maximum atomic E-state index is 5.80. The summed E-state index contributed by atoms with van der Waals surface area (Å²) < 4.78 is 8.02. The van der Waals surface area contributed by atoms with E-state index in [0.717, 1.165) is 17.1 Å². The largest absolute Gasteiger partial charge is 0.491 e. The Morgan fingerprint density at radius 1 is 1.07 bits per heavy atom. The number of aryl methyl sites for hydroxylation is 1. The lowest BCUT2D eigenvalue weighted by atomic mass is 10.0. The molecule has 1 aromatic carbocycles. The molecule has 3 heterocycles. The summed E-state index contributed by atoms with van der Waals surface area (Å²) in [6.07, 6.45) is 1.97. The van der Waals surface area contributed by atoms with Gasteiger partial charge in [0.05, 0.1) is 17.8 Å². The first-order valence-corrected chi connectivity index (χ1v) is 10.3. The maximum Gasteiger partial charge on any atom is 0.174 e. The third kappa shape index (κ3) is 3.72. The molecule has 0 unspecified atom stereocenters. The van der Waals surface area contributed by atoms with Crippen molar-refractivity contribution in [1.82, 2.24) is 14.9 Å². The van der Waals surface area contributed by atoms with Crippen LogP contribution in [0.2, 0.25) is 0 Å². The monoisotopic (exact) mass is 406 g/mol. The number of benzene rings is 1. The molecule has 1 aliphatic heterocycles. The van der Waals surface area contributed by atoms with Crippen LogP contribution >= 0.6 is 12.2 Å². The zero-order valence-electron chi connectivity index (χ0n) is 17.2. The van der Waals surface area contributed by atoms with E-state index in [2.05, 4.69) is 58.0 Å². The molecule has 5 nitrogen and oxygen atoms in total. The predicted molar refractivity (Wildman–Crippen MR) is 120 cm³/mol. The van der Waals surface area contributed by atoms with Crippen molar-refractivity contribution in [2.45, 2.75) is 39.0 Å². The summed E-state index contributed by atoms with van der Waals surface area (Å²) >= 11 is 5.78. The van der Waals surface area contributed by atoms with E-state index in [1.807, 2.05) is 50.4 Å². The fourth-order valence-corrected chi connectivity index (χ4v) is 4.17. The van der Waals surface area contributed by atoms with Gasteiger partial charge in [0, 0.05) is 30.3 Å². The minimum Gasteiger partial charge on any atom is -0.491 e. The summed E-state index contributed by atoms with van der Waals surface area (Å²) in [6.45, 7) is 6.17. The minimum atomic E-state index is -0.0386. The average molecular weight is 407 g/mol. The number of hydrogen-bond donors (Lipinski definition) is 1. The smallest absolute Gasteiger partial charge is 0.174 e. The molecule has 0 bridgehead atoms. The second kappa shape index (κ2) is 7.87. The number of aromatic nitrogens is 2. The van der Waals surface area contributed by atoms with Gasteiger partial charge in [0.15, 0.2) is 5.11 Å². The van der Waals surface area contributed by atoms with Crippen molar-refractivity contribution in [3.63, 3.8) is 0 Å². The Morgan fingerprint density at radius 2 is 1.83 bits per heavy atom. The first kappa shape index (κ1) is 19.5. The van der Waals surface area contributed by atoms with Crippen molar-refractivity contribution in [2.24, 2.45) is 7.05 Å². The molecular weight excluding hydrogens is 380 g/mol. The van der Waals surface area contributed by atoms with E-state index < -0.39 is 0 Å². The molecule has 4 rings (SSSR count). The number of rotatable bonds is 5. The quantitative estimate of drug-likeness (QED) is 0.623. The Balaban J connectivity index is 1.77. The normalized spacial score (nSPS) is 18.9. The highest BCUT2D eigenvalue weighted by Crippen LogP contribution is 2.42. The predicted octanol–water partition coefficient (Wildman–Crippen LogP) is 4.69. The van der Waals surface area contributed by atoms with E-state index in [1.54, 1.807) is 0 Å². The van der Waals surface area contributed by atoms with Crippen LogP contribution in [0.5, 0.6) is 5.75 Å². The standard InChI is InChI=1S/C23H26N4OS/c1-15(2)28-18-11-9-17(10-12-18)27-22(20-13-8-16(3)26(20)4)21(25-23(27)29)19-7-5-6-14-24-19/h5-15,21-22H,1-4H3,(H,25,29)/t21-,22-/m1/s1. The lowest BCUT2D eigenvalue weighted by Crippen LogP contribution is -2.30. The highest BCUT2D eigenvalue weighted by molar-refractivity contribution is 7.80. The van der Waals surface area contributed by atoms with Crippen molar-refractivity contribution in [2.75, 3.05) is 4.90 Å². The molecule has 0 amide bonds. The Morgan fingerprint density at radius 3 is 2.41 bits per heavy atom. The van der Waals surface area contributed by atoms with Crippen molar-refractivity contribution in [3.05, 3.63) is 77.9 Å². The molecule has 0 aliphatic carbocycles. The van der Waals surface area contributed by atoms with Gasteiger partial charge >= 0.3 is 0 Å². The Hall–Kier alpha value is -2.86. The second-order valence-electron chi connectivity index (χ2n) is 7.62. The molecule has 29 heavy (non-hydrogen) atoms. The summed E-state index contributed by atoms with van der Waals surface area (Å²) in [5.74, 6) is 0.856. The first-order chi connectivity index (χ1) is 14.0. The molecule has 2 aromatic heterocycles. The van der Waals surface area contributed by atoms with Crippen LogP contribution in [-0.2, 0) is 7.05 Å². The number of nitrogens with one attached hydrogen (secondary N) is 1. The van der Waals surface area contributed by atoms with Gasteiger partial charge in [-0.3, -0.25) is 4.98 Å². The van der Waals surface area contributed by atoms with Crippen LogP contribution < -0.4 is 15.0 Å². The fourth-order valence-electron chi connectivity index (χ4n) is 3.82. The van der Waals surface area contributed by atoms with Gasteiger partial charge in [0.25, 0.3) is 0 Å². The van der Waals surface area contributed by atoms with E-state index in [0.29, 0.717) is 5.11 Å². The molecule has 150 valence electrons. The topological polar surface area (TPSA) is 42.3 Å². The lowest BCUT2D eigenvalue weighted by Gasteiger charge is -2.28. The number of nitrogens with zero attached hydrogens (tertiary/aromatic N) is 3. The van der Waals surface area contributed by atoms with E-state index in [4.69, 9.17) is 17.0 Å². The lowest BCUT2D eigenvalue weighted by molar-refractivity contribution is 0.242. The van der Waals surface area contributed by atoms with Crippen LogP contribution in [0.25, 0.3) is 0 Å². The van der Waals surface area contributed by atoms with Gasteiger partial charge in [0.2, 0.25) is 0 Å². The second-order valence-corrected chi connectivity index (χ2v) is 8.00. The summed E-state index contributed by atoms with van der Waals surface area (Å²) in [5.41, 5.74) is 4.40. The van der Waals surface area contributed by atoms with Crippen molar-refractivity contribution in [3.8, 4) is 5.75 Å². The Kier molecular flexibility index (Phi) is 5.28. The zero-order chi connectivity index (χ0) is 20.5. The van der Waals surface area contributed by atoms with Gasteiger partial charge in [0.1, 0.15) is 11.8 Å². The van der Waals surface area contributed by atoms with Gasteiger partial charge in [-0.25, -0.2) is 0 Å². The SMILES string of the molecule is Cc1ccc([C@@H]2[C@@H](c3ccccn3)NC(=S)N2c2ccc(OC(C)C)cc2)n1C. The molecule has 0 radical (unpaired) electrons. The molecule has 1 N–H and O–H groups in total. The molecule has 3 aromatic rings. The highest BCUT2D eigenvalue weighted by atomic mass is 32.1. The Labute approximate surface area is 177 Å². The van der Waals surface area contributed by atoms with E-state index >= 15 is 0 Å². The van der Waals surface area contributed by atoms with Gasteiger partial charge in [-0.05, 0) is 81.5 Å². The molecule has 6 heteroatoms. The van der Waals surface area contributed by atoms with Crippen LogP contribution in [-0.4, -0.2) is 20.8 Å². The number of pyridine rings is 1. The molecule has 0 saturated carbocycles. The first-order valence-electron chi connectivity index (χ1n) is 9.85. The van der Waals surface area contributed by atoms with Gasteiger partial charge in [-0.2, -0.15) is 0 Å². The third-order valence-corrected chi connectivity index (χ3v) is 5.61. The average Bonchev–Trinajstić information content (AvgIpc) is 3.22. The number of hydrogen-bond acceptors (Lipinski definition) is 3. The van der Waals surface area contributed by atoms with Crippen LogP contribution in [0.15, 0.2) is 60.8 Å². The molecule has 1 fully saturated rings. The van der Waals surface area contributed by atoms with Gasteiger partial charge in [-0.1, -0.05) is 6.07 Å². The van der Waals surface area contributed by atoms with Crippen molar-refractivity contribution < 1.29 is 4.74 Å². The summed E-state index contributed by atoms with van der Waals surface area (Å²) in [4.78, 5) is 6.79. The van der Waals surface area contributed by atoms with Crippen LogP contribution in [0.3, 0.4) is 0 Å². The van der Waals surface area contributed by atoms with Gasteiger partial charge in [-0.15, -0.1) is 0 Å². The van der Waals surface area contributed by atoms with E-state index in [-0.39, 0.29) is 18.2 Å². The number of anilines is 1. The van der Waals surface area contributed by atoms with Crippen LogP contribution in [0.4, 0.5) is 5.69 Å². The zero-order valence-corrected chi connectivity index (χ0v) is 18.0. The van der Waals surface area contributed by atoms with E-state index in [1.165, 1.54) is 11.4 Å². The molecule has 1 aliphatic rings. The maximum absolute atomic E-state index is 5.80. The number of ether oxygens (including phenoxy) is 1. The van der Waals surface area contributed by atoms with E-state index in [9.17, 15) is 0 Å². The van der Waals surface area contributed by atoms with Crippen LogP contribution in [0, 0.1) is 6.92 Å².